The molecular weight excluding hydrogens is 286 g/mol. The molecule has 4 atom stereocenters. The summed E-state index contributed by atoms with van der Waals surface area (Å²) in [5, 5.41) is 9.32. The van der Waals surface area contributed by atoms with Gasteiger partial charge in [0.15, 0.2) is 0 Å². The van der Waals surface area contributed by atoms with Gasteiger partial charge in [0.1, 0.15) is 0 Å². The number of aryl methyl sites for hydroxylation is 1. The van der Waals surface area contributed by atoms with E-state index in [2.05, 4.69) is 0 Å². The topological polar surface area (TPSA) is 57.6 Å². The first-order chi connectivity index (χ1) is 9.81. The van der Waals surface area contributed by atoms with Crippen molar-refractivity contribution >= 4 is 23.2 Å². The van der Waals surface area contributed by atoms with E-state index in [-0.39, 0.29) is 17.9 Å². The van der Waals surface area contributed by atoms with Crippen LogP contribution in [0.4, 0.5) is 0 Å². The van der Waals surface area contributed by atoms with Crippen molar-refractivity contribution in [2.75, 3.05) is 7.05 Å². The monoisotopic (exact) mass is 309 g/mol. The summed E-state index contributed by atoms with van der Waals surface area (Å²) in [6.45, 7) is 6.06. The first kappa shape index (κ1) is 16.0. The number of carbonyl (C=O) groups excluding carboxylic acids is 1. The maximum absolute atomic E-state index is 12.7. The first-order valence-corrected chi connectivity index (χ1v) is 8.18. The van der Waals surface area contributed by atoms with Crippen LogP contribution in [0, 0.1) is 24.7 Å². The minimum Gasteiger partial charge on any atom is -0.481 e. The lowest BCUT2D eigenvalue weighted by Gasteiger charge is -2.28. The summed E-state index contributed by atoms with van der Waals surface area (Å²) in [7, 11) is 1.78. The van der Waals surface area contributed by atoms with E-state index >= 15 is 0 Å². The Balaban J connectivity index is 2.13. The Morgan fingerprint density at radius 1 is 1.33 bits per heavy atom. The van der Waals surface area contributed by atoms with Gasteiger partial charge in [-0.2, -0.15) is 0 Å². The molecule has 1 aliphatic rings. The Labute approximate surface area is 129 Å². The minimum absolute atomic E-state index is 0.0125. The smallest absolute Gasteiger partial charge is 0.307 e. The van der Waals surface area contributed by atoms with Crippen molar-refractivity contribution in [2.24, 2.45) is 17.8 Å². The molecule has 1 amide bonds. The molecule has 1 heterocycles. The van der Waals surface area contributed by atoms with Gasteiger partial charge in [0.25, 0.3) is 0 Å². The van der Waals surface area contributed by atoms with Crippen LogP contribution in [0.2, 0.25) is 0 Å². The standard InChI is InChI=1S/C16H23NO3S/c1-9-7-12(13(8-9)16(19)20)15(18)17(4)11(3)14-6-5-10(2)21-14/h5-6,9,11-13H,7-8H2,1-4H3,(H,19,20)/t9?,11?,12-,13+/m0/s1. The Hall–Kier alpha value is -1.36. The quantitative estimate of drug-likeness (QED) is 0.928. The van der Waals surface area contributed by atoms with Crippen LogP contribution in [0.3, 0.4) is 0 Å². The van der Waals surface area contributed by atoms with Crippen LogP contribution in [0.1, 0.15) is 42.5 Å². The second kappa shape index (κ2) is 6.18. The van der Waals surface area contributed by atoms with Crippen molar-refractivity contribution in [2.45, 2.75) is 39.7 Å². The molecule has 116 valence electrons. The third-order valence-corrected chi connectivity index (χ3v) is 5.71. The summed E-state index contributed by atoms with van der Waals surface area (Å²) >= 11 is 1.68. The predicted molar refractivity (Wildman–Crippen MR) is 83.3 cm³/mol. The van der Waals surface area contributed by atoms with E-state index in [0.717, 1.165) is 4.88 Å². The number of hydrogen-bond acceptors (Lipinski definition) is 3. The third-order valence-electron chi connectivity index (χ3n) is 4.53. The number of nitrogens with zero attached hydrogens (tertiary/aromatic N) is 1. The summed E-state index contributed by atoms with van der Waals surface area (Å²) in [4.78, 5) is 28.1. The normalized spacial score (nSPS) is 26.6. The number of carboxylic acid groups (broad SMARTS) is 1. The van der Waals surface area contributed by atoms with E-state index in [9.17, 15) is 14.7 Å². The molecule has 1 aliphatic carbocycles. The van der Waals surface area contributed by atoms with Crippen molar-refractivity contribution in [3.05, 3.63) is 21.9 Å². The fraction of sp³-hybridized carbons (Fsp3) is 0.625. The second-order valence-corrected chi connectivity index (χ2v) is 7.52. The number of thiophene rings is 1. The Morgan fingerprint density at radius 3 is 2.48 bits per heavy atom. The molecule has 0 spiro atoms. The van der Waals surface area contributed by atoms with Gasteiger partial charge in [-0.3, -0.25) is 9.59 Å². The molecule has 0 saturated heterocycles. The van der Waals surface area contributed by atoms with Gasteiger partial charge in [0.05, 0.1) is 17.9 Å². The molecule has 1 fully saturated rings. The van der Waals surface area contributed by atoms with E-state index in [4.69, 9.17) is 0 Å². The van der Waals surface area contributed by atoms with Crippen LogP contribution in [0.25, 0.3) is 0 Å². The Bertz CT molecular complexity index is 539. The van der Waals surface area contributed by atoms with Gasteiger partial charge < -0.3 is 10.0 Å². The van der Waals surface area contributed by atoms with Crippen molar-refractivity contribution < 1.29 is 14.7 Å². The molecule has 1 aromatic rings. The lowest BCUT2D eigenvalue weighted by molar-refractivity contribution is -0.149. The number of rotatable bonds is 4. The van der Waals surface area contributed by atoms with Crippen molar-refractivity contribution in [1.29, 1.82) is 0 Å². The number of carbonyl (C=O) groups is 2. The Morgan fingerprint density at radius 2 is 1.95 bits per heavy atom. The average molecular weight is 309 g/mol. The van der Waals surface area contributed by atoms with Crippen LogP contribution < -0.4 is 0 Å². The molecule has 0 aliphatic heterocycles. The summed E-state index contributed by atoms with van der Waals surface area (Å²) in [5.41, 5.74) is 0. The van der Waals surface area contributed by atoms with Crippen LogP contribution in [0.15, 0.2) is 12.1 Å². The Kier molecular flexibility index (Phi) is 4.71. The van der Waals surface area contributed by atoms with Crippen molar-refractivity contribution in [3.8, 4) is 0 Å². The van der Waals surface area contributed by atoms with Crippen LogP contribution in [-0.4, -0.2) is 28.9 Å². The van der Waals surface area contributed by atoms with Gasteiger partial charge in [0.2, 0.25) is 5.91 Å². The third kappa shape index (κ3) is 3.28. The zero-order valence-electron chi connectivity index (χ0n) is 13.0. The number of carboxylic acids is 1. The van der Waals surface area contributed by atoms with Gasteiger partial charge in [-0.15, -0.1) is 11.3 Å². The van der Waals surface area contributed by atoms with Crippen molar-refractivity contribution in [3.63, 3.8) is 0 Å². The minimum atomic E-state index is -0.842. The summed E-state index contributed by atoms with van der Waals surface area (Å²) in [6, 6.07) is 4.08. The first-order valence-electron chi connectivity index (χ1n) is 7.37. The molecule has 4 nitrogen and oxygen atoms in total. The van der Waals surface area contributed by atoms with Crippen molar-refractivity contribution in [1.82, 2.24) is 4.90 Å². The zero-order valence-corrected chi connectivity index (χ0v) is 13.8. The number of hydrogen-bond donors (Lipinski definition) is 1. The van der Waals surface area contributed by atoms with Gasteiger partial charge in [-0.05, 0) is 44.7 Å². The van der Waals surface area contributed by atoms with E-state index in [1.807, 2.05) is 32.9 Å². The summed E-state index contributed by atoms with van der Waals surface area (Å²) < 4.78 is 0. The van der Waals surface area contributed by atoms with Crippen LogP contribution >= 0.6 is 11.3 Å². The maximum atomic E-state index is 12.7. The molecule has 2 rings (SSSR count). The van der Waals surface area contributed by atoms with Crippen LogP contribution in [-0.2, 0) is 9.59 Å². The van der Waals surface area contributed by atoms with Gasteiger partial charge in [-0.25, -0.2) is 0 Å². The van der Waals surface area contributed by atoms with E-state index < -0.39 is 11.9 Å². The molecule has 0 aromatic carbocycles. The fourth-order valence-electron chi connectivity index (χ4n) is 3.16. The molecule has 1 aromatic heterocycles. The van der Waals surface area contributed by atoms with Gasteiger partial charge in [-0.1, -0.05) is 6.92 Å². The highest BCUT2D eigenvalue weighted by Gasteiger charge is 2.42. The van der Waals surface area contributed by atoms with E-state index in [1.165, 1.54) is 4.88 Å². The summed E-state index contributed by atoms with van der Waals surface area (Å²) in [5.74, 6) is -1.50. The van der Waals surface area contributed by atoms with Crippen LogP contribution in [0.5, 0.6) is 0 Å². The molecule has 2 unspecified atom stereocenters. The van der Waals surface area contributed by atoms with E-state index in [1.54, 1.807) is 23.3 Å². The maximum Gasteiger partial charge on any atom is 0.307 e. The molecule has 21 heavy (non-hydrogen) atoms. The highest BCUT2D eigenvalue weighted by atomic mass is 32.1. The average Bonchev–Trinajstić information content (AvgIpc) is 3.02. The zero-order chi connectivity index (χ0) is 15.7. The largest absolute Gasteiger partial charge is 0.481 e. The predicted octanol–water partition coefficient (Wildman–Crippen LogP) is 3.32. The van der Waals surface area contributed by atoms with E-state index in [0.29, 0.717) is 18.8 Å². The second-order valence-electron chi connectivity index (χ2n) is 6.20. The molecular formula is C16H23NO3S. The highest BCUT2D eigenvalue weighted by Crippen LogP contribution is 2.39. The highest BCUT2D eigenvalue weighted by molar-refractivity contribution is 7.12. The fourth-order valence-corrected chi connectivity index (χ4v) is 4.13. The summed E-state index contributed by atoms with van der Waals surface area (Å²) in [6.07, 6.45) is 1.28. The van der Waals surface area contributed by atoms with Gasteiger partial charge >= 0.3 is 5.97 Å². The van der Waals surface area contributed by atoms with Gasteiger partial charge in [0, 0.05) is 16.8 Å². The molecule has 1 saturated carbocycles. The lowest BCUT2D eigenvalue weighted by atomic mass is 9.94. The SMILES string of the molecule is Cc1ccc(C(C)N(C)C(=O)[C@H]2CC(C)C[C@H]2C(=O)O)s1. The molecule has 0 radical (unpaired) electrons. The number of amides is 1. The lowest BCUT2D eigenvalue weighted by Crippen LogP contribution is -2.38. The molecule has 0 bridgehead atoms. The number of aliphatic carboxylic acids is 1. The molecule has 5 heteroatoms. The molecule has 1 N–H and O–H groups in total.